The van der Waals surface area contributed by atoms with Gasteiger partial charge >= 0.3 is 0 Å². The third-order valence-corrected chi connectivity index (χ3v) is 4.50. The molecule has 27 heavy (non-hydrogen) atoms. The second kappa shape index (κ2) is 6.89. The number of rotatable bonds is 4. The van der Waals surface area contributed by atoms with Crippen molar-refractivity contribution in [2.75, 3.05) is 6.61 Å². The summed E-state index contributed by atoms with van der Waals surface area (Å²) < 4.78 is 12.1. The fourth-order valence-electron chi connectivity index (χ4n) is 3.06. The first-order chi connectivity index (χ1) is 13.1. The lowest BCUT2D eigenvalue weighted by Gasteiger charge is -2.15. The molecule has 6 nitrogen and oxygen atoms in total. The minimum atomic E-state index is -0.534. The molecule has 4 rings (SSSR count). The Labute approximate surface area is 158 Å². The third-order valence-electron chi connectivity index (χ3n) is 4.27. The molecule has 0 bridgehead atoms. The Bertz CT molecular complexity index is 1210. The number of benzene rings is 2. The molecule has 0 unspecified atom stereocenters. The Morgan fingerprint density at radius 3 is 2.63 bits per heavy atom. The van der Waals surface area contributed by atoms with E-state index < -0.39 is 11.1 Å². The minimum absolute atomic E-state index is 0.0312. The fraction of sp³-hybridized carbons (Fsp3) is 0.150. The van der Waals surface area contributed by atoms with Crippen LogP contribution in [0.5, 0.6) is 5.75 Å². The van der Waals surface area contributed by atoms with Crippen molar-refractivity contribution in [1.82, 2.24) is 9.72 Å². The van der Waals surface area contributed by atoms with E-state index in [2.05, 4.69) is 5.16 Å². The molecule has 0 saturated carbocycles. The largest absolute Gasteiger partial charge is 0.488 e. The maximum absolute atomic E-state index is 13.1. The Kier molecular flexibility index (Phi) is 4.41. The summed E-state index contributed by atoms with van der Waals surface area (Å²) >= 11 is 6.10. The van der Waals surface area contributed by atoms with Gasteiger partial charge in [0.2, 0.25) is 0 Å². The van der Waals surface area contributed by atoms with Crippen molar-refractivity contribution in [3.8, 4) is 17.0 Å². The number of nitrogens with zero attached hydrogens (tertiary/aromatic N) is 2. The molecule has 2 aromatic rings. The molecular formula is C20H15ClN2O4. The lowest BCUT2D eigenvalue weighted by Crippen LogP contribution is -2.36. The molecular weight excluding hydrogens is 368 g/mol. The van der Waals surface area contributed by atoms with E-state index in [1.807, 2.05) is 30.3 Å². The van der Waals surface area contributed by atoms with Crippen LogP contribution in [-0.2, 0) is 6.54 Å². The van der Waals surface area contributed by atoms with E-state index in [0.29, 0.717) is 21.6 Å². The van der Waals surface area contributed by atoms with Gasteiger partial charge in [0.15, 0.2) is 17.0 Å². The molecule has 0 aliphatic carbocycles. The molecule has 7 heteroatoms. The van der Waals surface area contributed by atoms with Crippen LogP contribution < -0.4 is 15.9 Å². The van der Waals surface area contributed by atoms with Crippen molar-refractivity contribution in [1.29, 1.82) is 0 Å². The molecule has 2 aromatic carbocycles. The van der Waals surface area contributed by atoms with E-state index in [1.165, 1.54) is 0 Å². The van der Waals surface area contributed by atoms with Crippen molar-refractivity contribution in [2.24, 2.45) is 0 Å². The van der Waals surface area contributed by atoms with Crippen LogP contribution in [0.25, 0.3) is 22.2 Å². The van der Waals surface area contributed by atoms with Crippen molar-refractivity contribution >= 4 is 22.6 Å². The quantitative estimate of drug-likeness (QED) is 0.504. The van der Waals surface area contributed by atoms with Crippen LogP contribution in [0.2, 0.25) is 5.02 Å². The molecule has 0 saturated heterocycles. The van der Waals surface area contributed by atoms with Crippen molar-refractivity contribution < 1.29 is 9.26 Å². The maximum Gasteiger partial charge on any atom is 0.296 e. The van der Waals surface area contributed by atoms with Crippen LogP contribution in [-0.4, -0.2) is 16.3 Å². The highest BCUT2D eigenvalue weighted by molar-refractivity contribution is 6.31. The molecule has 0 amide bonds. The third kappa shape index (κ3) is 2.98. The molecule has 0 fully saturated rings. The summed E-state index contributed by atoms with van der Waals surface area (Å²) in [5.41, 5.74) is 0.538. The summed E-state index contributed by atoms with van der Waals surface area (Å²) in [5.74, 6) is 0.0681. The summed E-state index contributed by atoms with van der Waals surface area (Å²) in [6, 6.07) is 14.2. The number of hydrogen-bond acceptors (Lipinski definition) is 5. The predicted molar refractivity (Wildman–Crippen MR) is 103 cm³/mol. The number of aromatic nitrogens is 2. The second-order valence-corrected chi connectivity index (χ2v) is 6.43. The molecule has 0 atom stereocenters. The SMILES string of the molecule is CCOc1c2c3cc(Cl)ccc3onc-2c(=O)n(Cc2ccccc2)c1=O. The molecule has 2 aliphatic rings. The Morgan fingerprint density at radius 2 is 1.89 bits per heavy atom. The highest BCUT2D eigenvalue weighted by atomic mass is 35.5. The number of ether oxygens (including phenoxy) is 1. The van der Waals surface area contributed by atoms with E-state index in [1.54, 1.807) is 25.1 Å². The van der Waals surface area contributed by atoms with Crippen molar-refractivity contribution in [3.63, 3.8) is 0 Å². The van der Waals surface area contributed by atoms with Gasteiger partial charge in [0.25, 0.3) is 11.1 Å². The minimum Gasteiger partial charge on any atom is -0.488 e. The molecule has 0 radical (unpaired) electrons. The summed E-state index contributed by atoms with van der Waals surface area (Å²) in [4.78, 5) is 26.1. The van der Waals surface area contributed by atoms with Crippen LogP contribution in [0, 0.1) is 0 Å². The smallest absolute Gasteiger partial charge is 0.296 e. The second-order valence-electron chi connectivity index (χ2n) is 5.99. The first-order valence-electron chi connectivity index (χ1n) is 8.42. The van der Waals surface area contributed by atoms with E-state index in [0.717, 1.165) is 10.1 Å². The van der Waals surface area contributed by atoms with E-state index in [-0.39, 0.29) is 24.6 Å². The monoisotopic (exact) mass is 382 g/mol. The summed E-state index contributed by atoms with van der Waals surface area (Å²) in [5, 5.41) is 4.92. The topological polar surface area (TPSA) is 74.3 Å². The zero-order chi connectivity index (χ0) is 19.0. The molecule has 136 valence electrons. The lowest BCUT2D eigenvalue weighted by molar-refractivity contribution is 0.332. The molecule has 2 aliphatic heterocycles. The number of halogens is 1. The number of pyridine rings is 1. The summed E-state index contributed by atoms with van der Waals surface area (Å²) in [7, 11) is 0. The highest BCUT2D eigenvalue weighted by Crippen LogP contribution is 2.34. The lowest BCUT2D eigenvalue weighted by atomic mass is 10.1. The van der Waals surface area contributed by atoms with Gasteiger partial charge in [0.1, 0.15) is 0 Å². The first kappa shape index (κ1) is 17.3. The van der Waals surface area contributed by atoms with Crippen LogP contribution in [0.1, 0.15) is 12.5 Å². The predicted octanol–water partition coefficient (Wildman–Crippen LogP) is 3.55. The zero-order valence-electron chi connectivity index (χ0n) is 14.4. The van der Waals surface area contributed by atoms with E-state index in [9.17, 15) is 9.59 Å². The van der Waals surface area contributed by atoms with Gasteiger partial charge in [0.05, 0.1) is 18.7 Å². The van der Waals surface area contributed by atoms with Gasteiger partial charge in [-0.05, 0) is 30.7 Å². The van der Waals surface area contributed by atoms with Crippen LogP contribution in [0.3, 0.4) is 0 Å². The molecule has 0 aromatic heterocycles. The molecule has 2 heterocycles. The summed E-state index contributed by atoms with van der Waals surface area (Å²) in [6.07, 6.45) is 0. The molecule has 0 spiro atoms. The van der Waals surface area contributed by atoms with Crippen LogP contribution in [0.15, 0.2) is 62.6 Å². The number of hydrogen-bond donors (Lipinski definition) is 0. The Balaban J connectivity index is 2.07. The van der Waals surface area contributed by atoms with Crippen molar-refractivity contribution in [3.05, 3.63) is 79.8 Å². The van der Waals surface area contributed by atoms with Gasteiger partial charge in [-0.1, -0.05) is 47.1 Å². The van der Waals surface area contributed by atoms with Crippen LogP contribution >= 0.6 is 11.6 Å². The average Bonchev–Trinajstić information content (AvgIpc) is 2.68. The normalized spacial score (nSPS) is 11.2. The Morgan fingerprint density at radius 1 is 1.11 bits per heavy atom. The number of fused-ring (bicyclic) bond motifs is 3. The Hall–Kier alpha value is -3.12. The standard InChI is InChI=1S/C20H15ClN2O4/c1-2-26-18-16-14-10-13(21)8-9-15(14)27-22-17(16)19(24)23(20(18)25)11-12-6-4-3-5-7-12/h3-10H,2,11H2,1H3. The van der Waals surface area contributed by atoms with Crippen molar-refractivity contribution in [2.45, 2.75) is 13.5 Å². The van der Waals surface area contributed by atoms with E-state index >= 15 is 0 Å². The van der Waals surface area contributed by atoms with Gasteiger partial charge in [-0.3, -0.25) is 14.2 Å². The van der Waals surface area contributed by atoms with E-state index in [4.69, 9.17) is 20.9 Å². The average molecular weight is 383 g/mol. The van der Waals surface area contributed by atoms with Gasteiger partial charge in [-0.2, -0.15) is 0 Å². The first-order valence-corrected chi connectivity index (χ1v) is 8.80. The highest BCUT2D eigenvalue weighted by Gasteiger charge is 2.26. The maximum atomic E-state index is 13.1. The zero-order valence-corrected chi connectivity index (χ0v) is 15.2. The summed E-state index contributed by atoms with van der Waals surface area (Å²) in [6.45, 7) is 2.15. The molecule has 0 N–H and O–H groups in total. The van der Waals surface area contributed by atoms with Gasteiger partial charge < -0.3 is 9.26 Å². The van der Waals surface area contributed by atoms with Gasteiger partial charge in [-0.15, -0.1) is 0 Å². The van der Waals surface area contributed by atoms with Gasteiger partial charge in [-0.25, -0.2) is 0 Å². The van der Waals surface area contributed by atoms with Crippen LogP contribution in [0.4, 0.5) is 0 Å². The fourth-order valence-corrected chi connectivity index (χ4v) is 3.23. The van der Waals surface area contributed by atoms with Gasteiger partial charge in [0, 0.05) is 10.4 Å².